The van der Waals surface area contributed by atoms with Crippen LogP contribution in [0.3, 0.4) is 0 Å². The first-order valence-electron chi connectivity index (χ1n) is 10.6. The summed E-state index contributed by atoms with van der Waals surface area (Å²) in [6.07, 6.45) is 1.81. The van der Waals surface area contributed by atoms with Gasteiger partial charge in [0.25, 0.3) is 11.4 Å². The normalized spacial score (nSPS) is 10.5. The first-order chi connectivity index (χ1) is 17.7. The van der Waals surface area contributed by atoms with Gasteiger partial charge in [-0.3, -0.25) is 34.9 Å². The molecule has 0 saturated heterocycles. The van der Waals surface area contributed by atoms with E-state index < -0.39 is 37.6 Å². The van der Waals surface area contributed by atoms with Crippen LogP contribution in [0.5, 0.6) is 11.5 Å². The number of ether oxygens (including phenoxy) is 1. The lowest BCUT2D eigenvalue weighted by atomic mass is 10.1. The van der Waals surface area contributed by atoms with Crippen molar-refractivity contribution in [2.75, 3.05) is 0 Å². The Hall–Kier alpha value is -5.59. The van der Waals surface area contributed by atoms with Crippen LogP contribution in [-0.2, 0) is 6.73 Å². The molecule has 5 aromatic rings. The molecule has 4 aromatic carbocycles. The van der Waals surface area contributed by atoms with Gasteiger partial charge in [-0.05, 0) is 35.0 Å². The van der Waals surface area contributed by atoms with E-state index in [4.69, 9.17) is 9.84 Å². The Morgan fingerprint density at radius 2 is 1.41 bits per heavy atom. The van der Waals surface area contributed by atoms with Crippen molar-refractivity contribution >= 4 is 38.9 Å². The number of phenols is 1. The molecule has 0 aliphatic rings. The van der Waals surface area contributed by atoms with E-state index in [1.807, 2.05) is 53.4 Å². The van der Waals surface area contributed by atoms with Gasteiger partial charge in [0.15, 0.2) is 6.73 Å². The number of benzene rings is 4. The summed E-state index contributed by atoms with van der Waals surface area (Å²) in [6.45, 7) is 0.457. The van der Waals surface area contributed by atoms with Crippen LogP contribution in [0.2, 0.25) is 0 Å². The lowest BCUT2D eigenvalue weighted by Gasteiger charge is -2.08. The summed E-state index contributed by atoms with van der Waals surface area (Å²) in [5.74, 6) is -0.341. The maximum absolute atomic E-state index is 10.4. The minimum atomic E-state index is -1.21. The zero-order chi connectivity index (χ0) is 26.5. The third kappa shape index (κ3) is 5.40. The van der Waals surface area contributed by atoms with Crippen LogP contribution in [0.25, 0.3) is 21.8 Å². The second-order valence-electron chi connectivity index (χ2n) is 7.59. The first-order valence-corrected chi connectivity index (χ1v) is 10.6. The Bertz CT molecular complexity index is 1610. The average molecular weight is 503 g/mol. The summed E-state index contributed by atoms with van der Waals surface area (Å²) < 4.78 is 7.89. The fourth-order valence-electron chi connectivity index (χ4n) is 3.49. The fourth-order valence-corrected chi connectivity index (χ4v) is 3.49. The molecule has 0 saturated carbocycles. The Morgan fingerprint density at radius 3 is 2.05 bits per heavy atom. The second-order valence-corrected chi connectivity index (χ2v) is 7.59. The van der Waals surface area contributed by atoms with E-state index in [9.17, 15) is 30.3 Å². The van der Waals surface area contributed by atoms with Gasteiger partial charge in [-0.15, -0.1) is 0 Å². The number of phenolic OH excluding ortho intramolecular Hbond substituents is 1. The molecule has 186 valence electrons. The van der Waals surface area contributed by atoms with Gasteiger partial charge in [-0.1, -0.05) is 42.5 Å². The van der Waals surface area contributed by atoms with Crippen molar-refractivity contribution < 1.29 is 24.6 Å². The number of nitrogens with zero attached hydrogens (tertiary/aromatic N) is 5. The standard InChI is InChI=1S/C18H14N2O.C6H3N3O7/c1-2-6-15-11-16(10-9-14(15)5-1)21-13-20-12-19-17-7-3-4-8-18(17)20;10-6-4(8(13)14)1-3(7(11)12)2-5(6)9(15)16/h1-12H,13H2;1-2,10H. The number of hydrogen-bond acceptors (Lipinski definition) is 9. The average Bonchev–Trinajstić information content (AvgIpc) is 3.30. The highest BCUT2D eigenvalue weighted by Gasteiger charge is 2.30. The number of non-ortho nitro benzene ring substituents is 1. The number of nitro groups is 3. The van der Waals surface area contributed by atoms with E-state index >= 15 is 0 Å². The van der Waals surface area contributed by atoms with Crippen LogP contribution in [0, 0.1) is 30.3 Å². The summed E-state index contributed by atoms with van der Waals surface area (Å²) in [6, 6.07) is 23.4. The zero-order valence-electron chi connectivity index (χ0n) is 18.8. The minimum absolute atomic E-state index is 0.447. The Balaban J connectivity index is 0.000000181. The number of aromatic nitrogens is 2. The first kappa shape index (κ1) is 24.5. The molecule has 1 aromatic heterocycles. The molecule has 0 amide bonds. The number of para-hydroxylation sites is 2. The molecule has 37 heavy (non-hydrogen) atoms. The topological polar surface area (TPSA) is 177 Å². The van der Waals surface area contributed by atoms with Crippen molar-refractivity contribution in [1.82, 2.24) is 9.55 Å². The molecule has 0 unspecified atom stereocenters. The molecule has 13 heteroatoms. The van der Waals surface area contributed by atoms with Crippen LogP contribution in [-0.4, -0.2) is 29.4 Å². The molecule has 5 rings (SSSR count). The van der Waals surface area contributed by atoms with Crippen LogP contribution < -0.4 is 4.74 Å². The number of fused-ring (bicyclic) bond motifs is 2. The zero-order valence-corrected chi connectivity index (χ0v) is 18.8. The van der Waals surface area contributed by atoms with Crippen molar-refractivity contribution in [1.29, 1.82) is 0 Å². The fraction of sp³-hybridized carbons (Fsp3) is 0.0417. The van der Waals surface area contributed by atoms with Crippen LogP contribution >= 0.6 is 0 Å². The third-order valence-electron chi connectivity index (χ3n) is 5.28. The van der Waals surface area contributed by atoms with Crippen molar-refractivity contribution in [3.63, 3.8) is 0 Å². The summed E-state index contributed by atoms with van der Waals surface area (Å²) >= 11 is 0. The molecule has 1 heterocycles. The van der Waals surface area contributed by atoms with E-state index in [0.717, 1.165) is 16.8 Å². The summed E-state index contributed by atoms with van der Waals surface area (Å²) in [7, 11) is 0. The molecule has 0 spiro atoms. The van der Waals surface area contributed by atoms with E-state index in [2.05, 4.69) is 29.2 Å². The predicted octanol–water partition coefficient (Wildman–Crippen LogP) is 5.34. The number of aromatic hydroxyl groups is 1. The molecule has 0 fully saturated rings. The molecule has 1 N–H and O–H groups in total. The van der Waals surface area contributed by atoms with Gasteiger partial charge in [0.05, 0.1) is 44.3 Å². The molecule has 0 aliphatic carbocycles. The van der Waals surface area contributed by atoms with Crippen LogP contribution in [0.4, 0.5) is 17.1 Å². The lowest BCUT2D eigenvalue weighted by molar-refractivity contribution is -0.404. The van der Waals surface area contributed by atoms with E-state index in [0.29, 0.717) is 18.9 Å². The van der Waals surface area contributed by atoms with E-state index in [1.54, 1.807) is 0 Å². The molecular formula is C24H17N5O8. The van der Waals surface area contributed by atoms with E-state index in [-0.39, 0.29) is 0 Å². The SMILES string of the molecule is O=[N+]([O-])c1cc([N+](=O)[O-])c(O)c([N+](=O)[O-])c1.c1ccc2cc(OCn3cnc4ccccc43)ccc2c1. The van der Waals surface area contributed by atoms with Gasteiger partial charge >= 0.3 is 11.4 Å². The van der Waals surface area contributed by atoms with Gasteiger partial charge in [0.2, 0.25) is 0 Å². The molecule has 0 radical (unpaired) electrons. The van der Waals surface area contributed by atoms with Gasteiger partial charge in [0.1, 0.15) is 5.75 Å². The van der Waals surface area contributed by atoms with Gasteiger partial charge in [-0.25, -0.2) is 4.98 Å². The maximum Gasteiger partial charge on any atom is 0.324 e. The summed E-state index contributed by atoms with van der Waals surface area (Å²) in [5.41, 5.74) is -0.934. The number of hydrogen-bond donors (Lipinski definition) is 1. The van der Waals surface area contributed by atoms with Crippen LogP contribution in [0.15, 0.2) is 85.2 Å². The molecule has 0 atom stereocenters. The smallest absolute Gasteiger partial charge is 0.324 e. The predicted molar refractivity (Wildman–Crippen MR) is 132 cm³/mol. The summed E-state index contributed by atoms with van der Waals surface area (Å²) in [4.78, 5) is 32.1. The Labute approximate surface area is 207 Å². The third-order valence-corrected chi connectivity index (χ3v) is 5.28. The lowest BCUT2D eigenvalue weighted by Crippen LogP contribution is -2.03. The van der Waals surface area contributed by atoms with Gasteiger partial charge < -0.3 is 9.84 Å². The van der Waals surface area contributed by atoms with Crippen molar-refractivity contribution in [3.8, 4) is 11.5 Å². The monoisotopic (exact) mass is 503 g/mol. The molecule has 0 aliphatic heterocycles. The second kappa shape index (κ2) is 10.4. The number of rotatable bonds is 6. The maximum atomic E-state index is 10.4. The molecular weight excluding hydrogens is 486 g/mol. The minimum Gasteiger partial charge on any atom is -0.497 e. The largest absolute Gasteiger partial charge is 0.497 e. The Morgan fingerprint density at radius 1 is 0.784 bits per heavy atom. The Kier molecular flexibility index (Phi) is 6.86. The number of nitro benzene ring substituents is 3. The van der Waals surface area contributed by atoms with Gasteiger partial charge in [0, 0.05) is 0 Å². The summed E-state index contributed by atoms with van der Waals surface area (Å²) in [5, 5.41) is 42.6. The quantitative estimate of drug-likeness (QED) is 0.236. The van der Waals surface area contributed by atoms with Crippen molar-refractivity contribution in [3.05, 3.63) is 116 Å². The van der Waals surface area contributed by atoms with Crippen molar-refractivity contribution in [2.45, 2.75) is 6.73 Å². The van der Waals surface area contributed by atoms with Crippen molar-refractivity contribution in [2.24, 2.45) is 0 Å². The highest BCUT2D eigenvalue weighted by molar-refractivity contribution is 5.83. The van der Waals surface area contributed by atoms with E-state index in [1.165, 1.54) is 10.8 Å². The van der Waals surface area contributed by atoms with Crippen LogP contribution in [0.1, 0.15) is 0 Å². The number of imidazole rings is 1. The highest BCUT2D eigenvalue weighted by Crippen LogP contribution is 2.39. The van der Waals surface area contributed by atoms with Gasteiger partial charge in [-0.2, -0.15) is 0 Å². The molecule has 13 nitrogen and oxygen atoms in total. The highest BCUT2D eigenvalue weighted by atomic mass is 16.6. The molecule has 0 bridgehead atoms.